The number of hydrogen-bond acceptors (Lipinski definition) is 3. The van der Waals surface area contributed by atoms with Gasteiger partial charge in [-0.1, -0.05) is 11.6 Å². The van der Waals surface area contributed by atoms with E-state index in [2.05, 4.69) is 38.7 Å². The van der Waals surface area contributed by atoms with Crippen molar-refractivity contribution in [3.05, 3.63) is 22.9 Å². The molecule has 2 aliphatic rings. The van der Waals surface area contributed by atoms with Gasteiger partial charge in [0.05, 0.1) is 12.2 Å². The van der Waals surface area contributed by atoms with Crippen LogP contribution < -0.4 is 5.73 Å². The minimum Gasteiger partial charge on any atom is -0.372 e. The molecule has 1 fully saturated rings. The van der Waals surface area contributed by atoms with Crippen molar-refractivity contribution in [1.82, 2.24) is 4.90 Å². The topological polar surface area (TPSA) is 38.5 Å². The first-order chi connectivity index (χ1) is 7.99. The first kappa shape index (κ1) is 12.7. The Bertz CT molecular complexity index is 349. The fourth-order valence-electron chi connectivity index (χ4n) is 2.79. The van der Waals surface area contributed by atoms with Crippen molar-refractivity contribution in [1.29, 1.82) is 0 Å². The van der Waals surface area contributed by atoms with Crippen LogP contribution in [0.25, 0.3) is 0 Å². The van der Waals surface area contributed by atoms with Crippen LogP contribution in [-0.2, 0) is 4.74 Å². The molecule has 1 heterocycles. The summed E-state index contributed by atoms with van der Waals surface area (Å²) in [6, 6.07) is 0.203. The van der Waals surface area contributed by atoms with E-state index in [1.54, 1.807) is 0 Å². The molecular weight excluding hydrogens is 212 g/mol. The number of allylic oxidation sites excluding steroid dienone is 1. The maximum absolute atomic E-state index is 6.07. The highest BCUT2D eigenvalue weighted by atomic mass is 16.5. The van der Waals surface area contributed by atoms with Crippen LogP contribution in [0.3, 0.4) is 0 Å². The summed E-state index contributed by atoms with van der Waals surface area (Å²) in [4.78, 5) is 2.45. The molecular formula is C14H24N2O. The number of ether oxygens (including phenoxy) is 1. The molecule has 17 heavy (non-hydrogen) atoms. The van der Waals surface area contributed by atoms with Crippen LogP contribution in [0.1, 0.15) is 34.1 Å². The number of nitrogens with two attached hydrogens (primary N) is 1. The highest BCUT2D eigenvalue weighted by Crippen LogP contribution is 2.28. The van der Waals surface area contributed by atoms with Gasteiger partial charge in [-0.3, -0.25) is 0 Å². The van der Waals surface area contributed by atoms with Gasteiger partial charge in [-0.05, 0) is 39.7 Å². The second-order valence-corrected chi connectivity index (χ2v) is 5.40. The third kappa shape index (κ3) is 2.55. The van der Waals surface area contributed by atoms with Crippen LogP contribution in [-0.4, -0.2) is 36.2 Å². The van der Waals surface area contributed by atoms with Gasteiger partial charge in [0.2, 0.25) is 0 Å². The van der Waals surface area contributed by atoms with E-state index in [1.165, 1.54) is 16.8 Å². The molecule has 96 valence electrons. The van der Waals surface area contributed by atoms with Gasteiger partial charge in [0.1, 0.15) is 0 Å². The zero-order chi connectivity index (χ0) is 12.6. The number of morpholine rings is 1. The maximum atomic E-state index is 6.07. The third-order valence-corrected chi connectivity index (χ3v) is 3.86. The second-order valence-electron chi connectivity index (χ2n) is 5.40. The molecule has 0 aromatic heterocycles. The quantitative estimate of drug-likeness (QED) is 0.757. The predicted molar refractivity (Wildman–Crippen MR) is 70.6 cm³/mol. The summed E-state index contributed by atoms with van der Waals surface area (Å²) in [5, 5.41) is 0. The Morgan fingerprint density at radius 2 is 1.82 bits per heavy atom. The average molecular weight is 236 g/mol. The molecule has 1 aliphatic heterocycles. The summed E-state index contributed by atoms with van der Waals surface area (Å²) in [6.45, 7) is 10.6. The summed E-state index contributed by atoms with van der Waals surface area (Å²) in [6.07, 6.45) is 3.86. The molecule has 0 saturated carbocycles. The zero-order valence-corrected chi connectivity index (χ0v) is 11.4. The van der Waals surface area contributed by atoms with Gasteiger partial charge in [-0.15, -0.1) is 0 Å². The van der Waals surface area contributed by atoms with Gasteiger partial charge in [-0.2, -0.15) is 0 Å². The molecule has 2 N–H and O–H groups in total. The Morgan fingerprint density at radius 3 is 2.41 bits per heavy atom. The summed E-state index contributed by atoms with van der Waals surface area (Å²) in [7, 11) is 0. The minimum absolute atomic E-state index is 0.203. The lowest BCUT2D eigenvalue weighted by molar-refractivity contribution is -0.0572. The van der Waals surface area contributed by atoms with E-state index in [1.807, 2.05) is 0 Å². The van der Waals surface area contributed by atoms with E-state index in [0.29, 0.717) is 12.2 Å². The van der Waals surface area contributed by atoms with Gasteiger partial charge in [0, 0.05) is 24.8 Å². The molecule has 0 aromatic carbocycles. The largest absolute Gasteiger partial charge is 0.372 e. The standard InChI is InChI=1S/C14H24N2O/c1-9-7-16(8-10(2)17-9)14-6-5-13(15)11(3)12(14)4/h6,9-10,13H,5,7-8,15H2,1-4H3/t9-,10+,13?. The van der Waals surface area contributed by atoms with E-state index in [-0.39, 0.29) is 6.04 Å². The Hall–Kier alpha value is -0.800. The number of rotatable bonds is 1. The average Bonchev–Trinajstić information content (AvgIpc) is 2.24. The van der Waals surface area contributed by atoms with Crippen LogP contribution in [0.2, 0.25) is 0 Å². The van der Waals surface area contributed by atoms with Gasteiger partial charge >= 0.3 is 0 Å². The van der Waals surface area contributed by atoms with Crippen LogP contribution in [0.15, 0.2) is 22.9 Å². The van der Waals surface area contributed by atoms with Crippen LogP contribution in [0.4, 0.5) is 0 Å². The Labute approximate surface area is 104 Å². The third-order valence-electron chi connectivity index (χ3n) is 3.86. The fraction of sp³-hybridized carbons (Fsp3) is 0.714. The number of nitrogens with zero attached hydrogens (tertiary/aromatic N) is 1. The molecule has 3 nitrogen and oxygen atoms in total. The van der Waals surface area contributed by atoms with Gasteiger partial charge in [-0.25, -0.2) is 0 Å². The first-order valence-corrected chi connectivity index (χ1v) is 6.53. The Morgan fingerprint density at radius 1 is 1.24 bits per heavy atom. The molecule has 0 amide bonds. The lowest BCUT2D eigenvalue weighted by Crippen LogP contribution is -2.45. The van der Waals surface area contributed by atoms with E-state index < -0.39 is 0 Å². The normalized spacial score (nSPS) is 35.0. The van der Waals surface area contributed by atoms with Gasteiger partial charge in [0.15, 0.2) is 0 Å². The Balaban J connectivity index is 2.18. The minimum atomic E-state index is 0.203. The molecule has 2 rings (SSSR count). The summed E-state index contributed by atoms with van der Waals surface area (Å²) in [5.41, 5.74) is 10.1. The van der Waals surface area contributed by atoms with Crippen molar-refractivity contribution in [2.24, 2.45) is 5.73 Å². The monoisotopic (exact) mass is 236 g/mol. The molecule has 1 unspecified atom stereocenters. The maximum Gasteiger partial charge on any atom is 0.0726 e. The van der Waals surface area contributed by atoms with Crippen molar-refractivity contribution < 1.29 is 4.74 Å². The Kier molecular flexibility index (Phi) is 3.59. The highest BCUT2D eigenvalue weighted by Gasteiger charge is 2.26. The van der Waals surface area contributed by atoms with Crippen LogP contribution in [0, 0.1) is 0 Å². The number of hydrogen-bond donors (Lipinski definition) is 1. The molecule has 3 atom stereocenters. The van der Waals surface area contributed by atoms with Crippen molar-refractivity contribution >= 4 is 0 Å². The smallest absolute Gasteiger partial charge is 0.0726 e. The van der Waals surface area contributed by atoms with Crippen LogP contribution >= 0.6 is 0 Å². The van der Waals surface area contributed by atoms with Crippen molar-refractivity contribution in [3.8, 4) is 0 Å². The molecule has 3 heteroatoms. The summed E-state index contributed by atoms with van der Waals surface area (Å²) in [5.74, 6) is 0. The van der Waals surface area contributed by atoms with Gasteiger partial charge in [0.25, 0.3) is 0 Å². The van der Waals surface area contributed by atoms with E-state index >= 15 is 0 Å². The van der Waals surface area contributed by atoms with E-state index in [4.69, 9.17) is 10.5 Å². The lowest BCUT2D eigenvalue weighted by Gasteiger charge is -2.40. The molecule has 1 aliphatic carbocycles. The zero-order valence-electron chi connectivity index (χ0n) is 11.4. The molecule has 0 radical (unpaired) electrons. The van der Waals surface area contributed by atoms with Crippen LogP contribution in [0.5, 0.6) is 0 Å². The van der Waals surface area contributed by atoms with Gasteiger partial charge < -0.3 is 15.4 Å². The van der Waals surface area contributed by atoms with Crippen molar-refractivity contribution in [2.75, 3.05) is 13.1 Å². The second kappa shape index (κ2) is 4.83. The van der Waals surface area contributed by atoms with Crippen molar-refractivity contribution in [3.63, 3.8) is 0 Å². The summed E-state index contributed by atoms with van der Waals surface area (Å²) < 4.78 is 5.78. The molecule has 0 spiro atoms. The summed E-state index contributed by atoms with van der Waals surface area (Å²) >= 11 is 0. The fourth-order valence-corrected chi connectivity index (χ4v) is 2.79. The van der Waals surface area contributed by atoms with E-state index in [9.17, 15) is 0 Å². The SMILES string of the molecule is CC1=C(C)C(N)CC=C1N1C[C@@H](C)O[C@@H](C)C1. The lowest BCUT2D eigenvalue weighted by atomic mass is 9.92. The highest BCUT2D eigenvalue weighted by molar-refractivity contribution is 5.38. The molecule has 0 aromatic rings. The molecule has 0 bridgehead atoms. The predicted octanol–water partition coefficient (Wildman–Crippen LogP) is 2.05. The van der Waals surface area contributed by atoms with E-state index in [0.717, 1.165) is 19.5 Å². The molecule has 1 saturated heterocycles. The first-order valence-electron chi connectivity index (χ1n) is 6.53. The van der Waals surface area contributed by atoms with Crippen molar-refractivity contribution in [2.45, 2.75) is 52.4 Å².